The van der Waals surface area contributed by atoms with Gasteiger partial charge in [0.15, 0.2) is 21.8 Å². The van der Waals surface area contributed by atoms with E-state index >= 15 is 0 Å². The predicted molar refractivity (Wildman–Crippen MR) is 125 cm³/mol. The van der Waals surface area contributed by atoms with E-state index in [1.165, 1.54) is 0 Å². The topological polar surface area (TPSA) is 62.5 Å². The van der Waals surface area contributed by atoms with Crippen LogP contribution in [0.15, 0.2) is 110 Å². The number of para-hydroxylation sites is 3. The molecule has 1 aromatic heterocycles. The molecule has 0 fully saturated rings. The van der Waals surface area contributed by atoms with Crippen molar-refractivity contribution in [3.8, 4) is 11.5 Å². The van der Waals surface area contributed by atoms with Gasteiger partial charge in [0.05, 0.1) is 16.4 Å². The van der Waals surface area contributed by atoms with Gasteiger partial charge in [-0.1, -0.05) is 36.4 Å². The fraction of sp³-hybridized carbons (Fsp3) is 0.0385. The second-order valence-corrected chi connectivity index (χ2v) is 9.29. The summed E-state index contributed by atoms with van der Waals surface area (Å²) in [5.74, 6) is 0.307. The average Bonchev–Trinajstić information content (AvgIpc) is 2.80. The largest absolute Gasteiger partial charge is 0.503 e. The van der Waals surface area contributed by atoms with E-state index < -0.39 is 10.9 Å². The number of aryl methyl sites for hydroxylation is 1. The maximum atomic E-state index is 13.3. The average molecular weight is 427 g/mol. The van der Waals surface area contributed by atoms with Gasteiger partial charge in [-0.3, -0.25) is 4.79 Å². The molecule has 0 saturated carbocycles. The van der Waals surface area contributed by atoms with Crippen molar-refractivity contribution in [2.24, 2.45) is 7.05 Å². The lowest BCUT2D eigenvalue weighted by Crippen LogP contribution is -2.11. The van der Waals surface area contributed by atoms with E-state index in [2.05, 4.69) is 0 Å². The van der Waals surface area contributed by atoms with E-state index in [-0.39, 0.29) is 16.9 Å². The lowest BCUT2D eigenvalue weighted by molar-refractivity contribution is 0.459. The highest BCUT2D eigenvalue weighted by Gasteiger charge is 2.34. The lowest BCUT2D eigenvalue weighted by atomic mass is 10.1. The van der Waals surface area contributed by atoms with Crippen LogP contribution in [-0.4, -0.2) is 14.8 Å². The van der Waals surface area contributed by atoms with Crippen LogP contribution in [0.2, 0.25) is 0 Å². The number of fused-ring (bicyclic) bond motifs is 2. The third-order valence-corrected chi connectivity index (χ3v) is 7.79. The Morgan fingerprint density at radius 2 is 1.23 bits per heavy atom. The molecule has 0 spiro atoms. The van der Waals surface area contributed by atoms with Crippen LogP contribution in [0.1, 0.15) is 0 Å². The zero-order valence-corrected chi connectivity index (χ0v) is 17.6. The van der Waals surface area contributed by atoms with Gasteiger partial charge in [0.1, 0.15) is 10.9 Å². The number of benzene rings is 4. The number of phenols is 2. The third-order valence-electron chi connectivity index (χ3n) is 5.49. The highest BCUT2D eigenvalue weighted by atomic mass is 32.2. The number of pyridine rings is 1. The summed E-state index contributed by atoms with van der Waals surface area (Å²) in [6, 6.07) is 27.7. The van der Waals surface area contributed by atoms with Crippen molar-refractivity contribution in [2.75, 3.05) is 0 Å². The van der Waals surface area contributed by atoms with E-state index in [1.807, 2.05) is 78.3 Å². The van der Waals surface area contributed by atoms with Gasteiger partial charge in [0.25, 0.3) is 0 Å². The van der Waals surface area contributed by atoms with Crippen LogP contribution in [0.25, 0.3) is 21.8 Å². The Bertz CT molecular complexity index is 1460. The smallest absolute Gasteiger partial charge is 0.208 e. The lowest BCUT2D eigenvalue weighted by Gasteiger charge is -2.13. The standard InChI is InChI=1S/C26H19NO3S/c1-27-20-9-3-2-8-18(20)26(30)19-16-17(14-15-21(19)27)31(24-12-6-4-10-22(24)28)25-13-7-5-11-23(25)29/h2-16H,1H3,(H-,28,29)/p+1. The van der Waals surface area contributed by atoms with E-state index in [1.54, 1.807) is 24.3 Å². The summed E-state index contributed by atoms with van der Waals surface area (Å²) in [5.41, 5.74) is 1.70. The third kappa shape index (κ3) is 3.14. The molecule has 0 amide bonds. The first kappa shape index (κ1) is 19.3. The minimum atomic E-state index is -0.791. The SMILES string of the molecule is Cn1c2ccccc2c(=O)c2cc([S+](c3ccccc3O)c3ccccc3O)ccc21. The quantitative estimate of drug-likeness (QED) is 0.308. The minimum Gasteiger partial charge on any atom is -0.503 e. The molecule has 4 nitrogen and oxygen atoms in total. The number of hydrogen-bond acceptors (Lipinski definition) is 3. The first-order valence-electron chi connectivity index (χ1n) is 9.88. The first-order valence-corrected chi connectivity index (χ1v) is 11.1. The van der Waals surface area contributed by atoms with E-state index in [0.717, 1.165) is 15.9 Å². The van der Waals surface area contributed by atoms with Crippen molar-refractivity contribution in [2.45, 2.75) is 14.7 Å². The molecule has 5 aromatic rings. The molecule has 4 aromatic carbocycles. The molecule has 0 bridgehead atoms. The Balaban J connectivity index is 1.83. The van der Waals surface area contributed by atoms with Crippen LogP contribution in [0, 0.1) is 0 Å². The van der Waals surface area contributed by atoms with E-state index in [4.69, 9.17) is 0 Å². The molecular formula is C26H20NO3S+. The molecule has 2 N–H and O–H groups in total. The van der Waals surface area contributed by atoms with Crippen molar-refractivity contribution in [1.82, 2.24) is 4.57 Å². The van der Waals surface area contributed by atoms with Crippen LogP contribution >= 0.6 is 0 Å². The zero-order valence-electron chi connectivity index (χ0n) is 16.8. The molecule has 0 atom stereocenters. The molecular weight excluding hydrogens is 406 g/mol. The Kier molecular flexibility index (Phi) is 4.68. The van der Waals surface area contributed by atoms with Gasteiger partial charge in [0.2, 0.25) is 9.79 Å². The number of phenolic OH excluding ortho intramolecular Hbond substituents is 2. The highest BCUT2D eigenvalue weighted by Crippen LogP contribution is 2.40. The Morgan fingerprint density at radius 1 is 0.677 bits per heavy atom. The molecule has 0 aliphatic rings. The summed E-state index contributed by atoms with van der Waals surface area (Å²) < 4.78 is 2.02. The molecule has 0 radical (unpaired) electrons. The highest BCUT2D eigenvalue weighted by molar-refractivity contribution is 7.97. The van der Waals surface area contributed by atoms with Gasteiger partial charge < -0.3 is 14.8 Å². The first-order chi connectivity index (χ1) is 15.1. The van der Waals surface area contributed by atoms with E-state index in [0.29, 0.717) is 20.6 Å². The molecule has 0 aliphatic carbocycles. The van der Waals surface area contributed by atoms with Crippen molar-refractivity contribution < 1.29 is 10.2 Å². The molecule has 5 rings (SSSR count). The van der Waals surface area contributed by atoms with Crippen LogP contribution < -0.4 is 5.43 Å². The van der Waals surface area contributed by atoms with Gasteiger partial charge in [-0.15, -0.1) is 0 Å². The fourth-order valence-electron chi connectivity index (χ4n) is 3.98. The molecule has 5 heteroatoms. The van der Waals surface area contributed by atoms with Crippen LogP contribution in [0.4, 0.5) is 0 Å². The zero-order chi connectivity index (χ0) is 21.5. The predicted octanol–water partition coefficient (Wildman–Crippen LogP) is 5.20. The van der Waals surface area contributed by atoms with E-state index in [9.17, 15) is 15.0 Å². The number of hydrogen-bond donors (Lipinski definition) is 2. The van der Waals surface area contributed by atoms with Gasteiger partial charge in [-0.25, -0.2) is 0 Å². The summed E-state index contributed by atoms with van der Waals surface area (Å²) in [7, 11) is 1.16. The van der Waals surface area contributed by atoms with Crippen LogP contribution in [0.5, 0.6) is 11.5 Å². The molecule has 0 aliphatic heterocycles. The molecule has 152 valence electrons. The number of nitrogens with zero attached hydrogens (tertiary/aromatic N) is 1. The van der Waals surface area contributed by atoms with Gasteiger partial charge >= 0.3 is 0 Å². The Labute approximate surface area is 182 Å². The molecule has 0 unspecified atom stereocenters. The maximum Gasteiger partial charge on any atom is 0.208 e. The molecule has 31 heavy (non-hydrogen) atoms. The normalized spacial score (nSPS) is 11.4. The summed E-state index contributed by atoms with van der Waals surface area (Å²) >= 11 is 0. The fourth-order valence-corrected chi connectivity index (χ4v) is 6.15. The monoisotopic (exact) mass is 426 g/mol. The van der Waals surface area contributed by atoms with Crippen molar-refractivity contribution in [3.05, 3.63) is 101 Å². The van der Waals surface area contributed by atoms with Crippen molar-refractivity contribution in [1.29, 1.82) is 0 Å². The number of aromatic hydroxyl groups is 2. The summed E-state index contributed by atoms with van der Waals surface area (Å²) in [6.45, 7) is 0. The second-order valence-electron chi connectivity index (χ2n) is 7.33. The van der Waals surface area contributed by atoms with Crippen molar-refractivity contribution >= 4 is 32.7 Å². The second kappa shape index (κ2) is 7.52. The van der Waals surface area contributed by atoms with Crippen LogP contribution in [0.3, 0.4) is 0 Å². The molecule has 0 saturated heterocycles. The van der Waals surface area contributed by atoms with Gasteiger partial charge in [-0.2, -0.15) is 0 Å². The van der Waals surface area contributed by atoms with Gasteiger partial charge in [-0.05, 0) is 48.5 Å². The molecule has 1 heterocycles. The number of aromatic nitrogens is 1. The van der Waals surface area contributed by atoms with Crippen LogP contribution in [-0.2, 0) is 17.9 Å². The Morgan fingerprint density at radius 3 is 1.87 bits per heavy atom. The summed E-state index contributed by atoms with van der Waals surface area (Å²) in [5, 5.41) is 22.5. The number of rotatable bonds is 3. The minimum absolute atomic E-state index is 0.0244. The maximum absolute atomic E-state index is 13.3. The van der Waals surface area contributed by atoms with Crippen molar-refractivity contribution in [3.63, 3.8) is 0 Å². The summed E-state index contributed by atoms with van der Waals surface area (Å²) in [6.07, 6.45) is 0. The Hall–Kier alpha value is -3.70. The summed E-state index contributed by atoms with van der Waals surface area (Å²) in [4.78, 5) is 15.6. The van der Waals surface area contributed by atoms with Gasteiger partial charge in [0, 0.05) is 18.5 Å².